The van der Waals surface area contributed by atoms with E-state index in [0.717, 1.165) is 96.3 Å². The van der Waals surface area contributed by atoms with E-state index in [1.807, 2.05) is 21.1 Å². The normalized spacial score (nSPS) is 14.3. The number of ether oxygens (including phenoxy) is 2. The molecule has 1 unspecified atom stereocenters. The Morgan fingerprint density at radius 3 is 1.60 bits per heavy atom. The third kappa shape index (κ3) is 39.2. The minimum atomic E-state index is -4.63. The lowest BCUT2D eigenvalue weighted by atomic mass is 10.1. The molecule has 0 aliphatic heterocycles. The maximum absolute atomic E-state index is 12.6. The highest BCUT2D eigenvalue weighted by Crippen LogP contribution is 2.38. The highest BCUT2D eigenvalue weighted by atomic mass is 31.2. The maximum atomic E-state index is 12.6. The summed E-state index contributed by atoms with van der Waals surface area (Å²) in [4.78, 5) is 37.4. The Kier molecular flexibility index (Phi) is 33.9. The van der Waals surface area contributed by atoms with Crippen LogP contribution in [0.15, 0.2) is 60.8 Å². The fraction of sp³-hybridized carbons (Fsp3) is 0.721. The molecule has 0 bridgehead atoms. The average molecular weight is 766 g/mol. The standard InChI is InChI=1S/C43H76NO8P/c1-6-8-10-12-14-16-18-20-22-24-25-27-29-31-33-35-42(45)49-39-41(40-51-53(47,48)50-38-37-44(3,4)5)52-43(46)36-34-32-30-28-26-23-21-19-17-15-13-11-9-7-2/h8,10,13-16,19-22,41H,6-7,9,11-12,17-18,23-40H2,1-5H3/b10-8+,15-13+,16-14+,21-19+,22-20+/t41-/m1/s1. The molecule has 0 aromatic rings. The third-order valence-corrected chi connectivity index (χ3v) is 9.24. The minimum Gasteiger partial charge on any atom is -0.756 e. The summed E-state index contributed by atoms with van der Waals surface area (Å²) in [6, 6.07) is 0. The van der Waals surface area contributed by atoms with Crippen LogP contribution in [0.5, 0.6) is 0 Å². The molecule has 0 aromatic heterocycles. The van der Waals surface area contributed by atoms with E-state index in [0.29, 0.717) is 23.9 Å². The smallest absolute Gasteiger partial charge is 0.306 e. The first-order valence-electron chi connectivity index (χ1n) is 20.5. The van der Waals surface area contributed by atoms with Gasteiger partial charge < -0.3 is 27.9 Å². The van der Waals surface area contributed by atoms with E-state index < -0.39 is 32.5 Å². The monoisotopic (exact) mass is 766 g/mol. The topological polar surface area (TPSA) is 111 Å². The molecule has 0 amide bonds. The fourth-order valence-electron chi connectivity index (χ4n) is 5.04. The van der Waals surface area contributed by atoms with Crippen molar-refractivity contribution in [2.24, 2.45) is 0 Å². The first kappa shape index (κ1) is 50.7. The molecule has 0 heterocycles. The second kappa shape index (κ2) is 35.4. The number of phosphoric acid groups is 1. The molecular weight excluding hydrogens is 689 g/mol. The molecule has 0 saturated heterocycles. The van der Waals surface area contributed by atoms with Gasteiger partial charge in [-0.1, -0.05) is 126 Å². The number of hydrogen-bond acceptors (Lipinski definition) is 8. The van der Waals surface area contributed by atoms with Crippen LogP contribution in [0.4, 0.5) is 0 Å². The van der Waals surface area contributed by atoms with Crippen molar-refractivity contribution in [3.05, 3.63) is 60.8 Å². The molecule has 10 heteroatoms. The fourth-order valence-corrected chi connectivity index (χ4v) is 5.76. The molecule has 0 aliphatic rings. The van der Waals surface area contributed by atoms with Crippen molar-refractivity contribution in [1.29, 1.82) is 0 Å². The number of unbranched alkanes of at least 4 members (excludes halogenated alkanes) is 12. The summed E-state index contributed by atoms with van der Waals surface area (Å²) in [6.45, 7) is 4.01. The quantitative estimate of drug-likeness (QED) is 0.0204. The third-order valence-electron chi connectivity index (χ3n) is 8.27. The van der Waals surface area contributed by atoms with Crippen molar-refractivity contribution < 1.29 is 42.1 Å². The number of allylic oxidation sites excluding steroid dienone is 10. The second-order valence-corrected chi connectivity index (χ2v) is 16.0. The Labute approximate surface area is 324 Å². The van der Waals surface area contributed by atoms with Crippen molar-refractivity contribution in [3.8, 4) is 0 Å². The lowest BCUT2D eigenvalue weighted by Gasteiger charge is -2.28. The van der Waals surface area contributed by atoms with E-state index in [1.54, 1.807) is 0 Å². The van der Waals surface area contributed by atoms with Crippen molar-refractivity contribution in [2.75, 3.05) is 47.5 Å². The van der Waals surface area contributed by atoms with Crippen molar-refractivity contribution in [2.45, 2.75) is 155 Å². The van der Waals surface area contributed by atoms with E-state index in [2.05, 4.69) is 74.6 Å². The van der Waals surface area contributed by atoms with Gasteiger partial charge in [0.15, 0.2) is 6.10 Å². The molecule has 0 saturated carbocycles. The number of quaternary nitrogens is 1. The lowest BCUT2D eigenvalue weighted by Crippen LogP contribution is -2.37. The van der Waals surface area contributed by atoms with E-state index in [9.17, 15) is 19.0 Å². The summed E-state index contributed by atoms with van der Waals surface area (Å²) in [7, 11) is 1.13. The molecule has 2 atom stereocenters. The van der Waals surface area contributed by atoms with Gasteiger partial charge in [-0.25, -0.2) is 0 Å². The van der Waals surface area contributed by atoms with E-state index >= 15 is 0 Å². The summed E-state index contributed by atoms with van der Waals surface area (Å²) >= 11 is 0. The average Bonchev–Trinajstić information content (AvgIpc) is 3.10. The molecule has 0 aliphatic carbocycles. The predicted molar refractivity (Wildman–Crippen MR) is 217 cm³/mol. The molecule has 53 heavy (non-hydrogen) atoms. The molecule has 0 fully saturated rings. The van der Waals surface area contributed by atoms with Crippen LogP contribution in [-0.4, -0.2) is 70.0 Å². The Morgan fingerprint density at radius 2 is 1.08 bits per heavy atom. The number of esters is 2. The van der Waals surface area contributed by atoms with Gasteiger partial charge in [0.05, 0.1) is 27.7 Å². The Bertz CT molecular complexity index is 1090. The van der Waals surface area contributed by atoms with Crippen molar-refractivity contribution >= 4 is 19.8 Å². The summed E-state index contributed by atoms with van der Waals surface area (Å²) in [5, 5.41) is 0. The maximum Gasteiger partial charge on any atom is 0.306 e. The number of carbonyl (C=O) groups is 2. The molecule has 0 N–H and O–H groups in total. The highest BCUT2D eigenvalue weighted by Gasteiger charge is 2.21. The van der Waals surface area contributed by atoms with Gasteiger partial charge in [0.1, 0.15) is 19.8 Å². The largest absolute Gasteiger partial charge is 0.756 e. The van der Waals surface area contributed by atoms with Gasteiger partial charge in [0.25, 0.3) is 7.82 Å². The van der Waals surface area contributed by atoms with Gasteiger partial charge in [-0.15, -0.1) is 0 Å². The van der Waals surface area contributed by atoms with Gasteiger partial charge >= 0.3 is 11.9 Å². The number of rotatable bonds is 36. The van der Waals surface area contributed by atoms with E-state index in [1.165, 1.54) is 12.8 Å². The van der Waals surface area contributed by atoms with Gasteiger partial charge in [-0.3, -0.25) is 14.2 Å². The van der Waals surface area contributed by atoms with Crippen LogP contribution in [-0.2, 0) is 32.7 Å². The van der Waals surface area contributed by atoms with Gasteiger partial charge in [-0.2, -0.15) is 0 Å². The van der Waals surface area contributed by atoms with Crippen LogP contribution < -0.4 is 4.89 Å². The molecule has 306 valence electrons. The summed E-state index contributed by atoms with van der Waals surface area (Å²) < 4.78 is 33.8. The number of nitrogens with zero attached hydrogens (tertiary/aromatic N) is 1. The second-order valence-electron chi connectivity index (χ2n) is 14.6. The first-order valence-corrected chi connectivity index (χ1v) is 22.0. The summed E-state index contributed by atoms with van der Waals surface area (Å²) in [5.41, 5.74) is 0. The van der Waals surface area contributed by atoms with Gasteiger partial charge in [0.2, 0.25) is 0 Å². The van der Waals surface area contributed by atoms with Crippen LogP contribution >= 0.6 is 7.82 Å². The van der Waals surface area contributed by atoms with E-state index in [4.69, 9.17) is 18.5 Å². The zero-order valence-corrected chi connectivity index (χ0v) is 35.1. The molecule has 0 rings (SSSR count). The highest BCUT2D eigenvalue weighted by molar-refractivity contribution is 7.45. The molecule has 9 nitrogen and oxygen atoms in total. The lowest BCUT2D eigenvalue weighted by molar-refractivity contribution is -0.870. The number of phosphoric ester groups is 1. The number of hydrogen-bond donors (Lipinski definition) is 0. The number of carbonyl (C=O) groups excluding carboxylic acids is 2. The Morgan fingerprint density at radius 1 is 0.604 bits per heavy atom. The van der Waals surface area contributed by atoms with Crippen LogP contribution in [0.2, 0.25) is 0 Å². The van der Waals surface area contributed by atoms with E-state index in [-0.39, 0.29) is 26.1 Å². The number of likely N-dealkylation sites (N-methyl/N-ethyl adjacent to an activating group) is 1. The van der Waals surface area contributed by atoms with Crippen molar-refractivity contribution in [3.63, 3.8) is 0 Å². The zero-order chi connectivity index (χ0) is 39.3. The van der Waals surface area contributed by atoms with Crippen LogP contribution in [0.25, 0.3) is 0 Å². The van der Waals surface area contributed by atoms with Crippen LogP contribution in [0.1, 0.15) is 149 Å². The first-order chi connectivity index (χ1) is 25.5. The Hall–Kier alpha value is -2.29. The predicted octanol–water partition coefficient (Wildman–Crippen LogP) is 10.7. The summed E-state index contributed by atoms with van der Waals surface area (Å²) in [6.07, 6.45) is 41.0. The Balaban J connectivity index is 4.46. The molecule has 0 spiro atoms. The minimum absolute atomic E-state index is 0.0395. The van der Waals surface area contributed by atoms with Crippen molar-refractivity contribution in [1.82, 2.24) is 0 Å². The van der Waals surface area contributed by atoms with Gasteiger partial charge in [0, 0.05) is 12.8 Å². The zero-order valence-electron chi connectivity index (χ0n) is 34.2. The molecule has 0 aromatic carbocycles. The van der Waals surface area contributed by atoms with Gasteiger partial charge in [-0.05, 0) is 70.6 Å². The molecule has 0 radical (unpaired) electrons. The summed E-state index contributed by atoms with van der Waals surface area (Å²) in [5.74, 6) is -0.877. The van der Waals surface area contributed by atoms with Crippen LogP contribution in [0.3, 0.4) is 0 Å². The van der Waals surface area contributed by atoms with Crippen LogP contribution in [0, 0.1) is 0 Å². The molecular formula is C43H76NO8P. The SMILES string of the molecule is CC/C=C/C/C=C/C/C=C/CCCCCCCC(=O)OC[C@H](COP(=O)([O-])OCC[N+](C)(C)C)OC(=O)CCCCCCC/C=C/C/C=C/CCCC.